The van der Waals surface area contributed by atoms with E-state index in [4.69, 9.17) is 11.6 Å². The quantitative estimate of drug-likeness (QED) is 0.419. The number of rotatable bonds is 7. The van der Waals surface area contributed by atoms with Crippen molar-refractivity contribution in [2.24, 2.45) is 0 Å². The van der Waals surface area contributed by atoms with Crippen LogP contribution in [0.15, 0.2) is 40.8 Å². The van der Waals surface area contributed by atoms with Gasteiger partial charge in [0.2, 0.25) is 5.91 Å². The fourth-order valence-corrected chi connectivity index (χ4v) is 3.72. The second kappa shape index (κ2) is 8.54. The Kier molecular flexibility index (Phi) is 6.67. The number of benzene rings is 1. The van der Waals surface area contributed by atoms with Gasteiger partial charge in [-0.25, -0.2) is 4.98 Å². The number of aromatic nitrogens is 2. The number of amides is 1. The van der Waals surface area contributed by atoms with Gasteiger partial charge in [0.25, 0.3) is 5.56 Å². The second-order valence-electron chi connectivity index (χ2n) is 5.53. The van der Waals surface area contributed by atoms with Crippen LogP contribution in [0.4, 0.5) is 0 Å². The van der Waals surface area contributed by atoms with Crippen LogP contribution in [0.5, 0.6) is 0 Å². The maximum Gasteiger partial charge on any atom is 0.262 e. The summed E-state index contributed by atoms with van der Waals surface area (Å²) < 4.78 is 1.54. The number of thioether (sulfide) groups is 1. The molecule has 1 amide bonds. The molecule has 1 aromatic heterocycles. The van der Waals surface area contributed by atoms with Crippen molar-refractivity contribution in [3.05, 3.63) is 46.2 Å². The number of halogens is 1. The lowest BCUT2D eigenvalue weighted by Gasteiger charge is -2.23. The summed E-state index contributed by atoms with van der Waals surface area (Å²) in [5, 5.41) is 1.16. The maximum atomic E-state index is 12.8. The van der Waals surface area contributed by atoms with E-state index < -0.39 is 0 Å². The lowest BCUT2D eigenvalue weighted by molar-refractivity contribution is -0.129. The molecule has 0 radical (unpaired) electrons. The van der Waals surface area contributed by atoms with E-state index in [0.29, 0.717) is 40.7 Å². The Balaban J connectivity index is 2.48. The predicted octanol–water partition coefficient (Wildman–Crippen LogP) is 3.58. The van der Waals surface area contributed by atoms with Crippen molar-refractivity contribution in [1.29, 1.82) is 0 Å². The van der Waals surface area contributed by atoms with Gasteiger partial charge in [-0.1, -0.05) is 29.4 Å². The van der Waals surface area contributed by atoms with Crippen LogP contribution >= 0.6 is 23.4 Å². The summed E-state index contributed by atoms with van der Waals surface area (Å²) in [7, 11) is 0. The summed E-state index contributed by atoms with van der Waals surface area (Å²) in [5.41, 5.74) is 0.370. The minimum atomic E-state index is -0.348. The molecule has 5 nitrogen and oxygen atoms in total. The van der Waals surface area contributed by atoms with Crippen LogP contribution in [0, 0.1) is 0 Å². The molecule has 0 saturated carbocycles. The first-order valence-corrected chi connectivity index (χ1v) is 9.45. The van der Waals surface area contributed by atoms with Gasteiger partial charge in [-0.05, 0) is 39.0 Å². The number of nitrogens with zero attached hydrogens (tertiary/aromatic N) is 3. The third kappa shape index (κ3) is 4.25. The Bertz CT molecular complexity index is 846. The van der Waals surface area contributed by atoms with Crippen LogP contribution in [-0.4, -0.2) is 38.7 Å². The van der Waals surface area contributed by atoms with Crippen LogP contribution < -0.4 is 5.56 Å². The Morgan fingerprint density at radius 3 is 2.72 bits per heavy atom. The highest BCUT2D eigenvalue weighted by Crippen LogP contribution is 2.25. The number of fused-ring (bicyclic) bond motifs is 1. The Hall–Kier alpha value is -1.79. The van der Waals surface area contributed by atoms with Crippen LogP contribution in [0.25, 0.3) is 10.9 Å². The molecule has 1 unspecified atom stereocenters. The number of hydrogen-bond donors (Lipinski definition) is 0. The molecule has 0 bridgehead atoms. The summed E-state index contributed by atoms with van der Waals surface area (Å²) in [5.74, 6) is 0.0283. The van der Waals surface area contributed by atoms with Crippen molar-refractivity contribution in [3.8, 4) is 0 Å². The van der Waals surface area contributed by atoms with E-state index in [2.05, 4.69) is 11.6 Å². The smallest absolute Gasteiger partial charge is 0.262 e. The van der Waals surface area contributed by atoms with Gasteiger partial charge in [0.05, 0.1) is 16.2 Å². The molecule has 134 valence electrons. The molecule has 0 saturated heterocycles. The van der Waals surface area contributed by atoms with E-state index in [0.717, 1.165) is 0 Å². The molecule has 7 heteroatoms. The van der Waals surface area contributed by atoms with Crippen LogP contribution in [0.1, 0.15) is 20.8 Å². The van der Waals surface area contributed by atoms with Gasteiger partial charge in [0, 0.05) is 24.7 Å². The largest absolute Gasteiger partial charge is 0.342 e. The molecular weight excluding hydrogens is 358 g/mol. The van der Waals surface area contributed by atoms with E-state index in [-0.39, 0.29) is 16.7 Å². The highest BCUT2D eigenvalue weighted by Gasteiger charge is 2.22. The molecule has 1 aromatic carbocycles. The van der Waals surface area contributed by atoms with Crippen LogP contribution in [0.3, 0.4) is 0 Å². The summed E-state index contributed by atoms with van der Waals surface area (Å²) >= 11 is 7.31. The van der Waals surface area contributed by atoms with E-state index in [1.54, 1.807) is 33.7 Å². The Labute approximate surface area is 156 Å². The summed E-state index contributed by atoms with van der Waals surface area (Å²) in [6.45, 7) is 11.1. The molecule has 0 fully saturated rings. The van der Waals surface area contributed by atoms with E-state index in [9.17, 15) is 9.59 Å². The fourth-order valence-electron chi connectivity index (χ4n) is 2.55. The molecule has 25 heavy (non-hydrogen) atoms. The first-order chi connectivity index (χ1) is 11.9. The first-order valence-electron chi connectivity index (χ1n) is 8.19. The highest BCUT2D eigenvalue weighted by atomic mass is 35.5. The number of allylic oxidation sites excluding steroid dienone is 1. The monoisotopic (exact) mass is 379 g/mol. The van der Waals surface area contributed by atoms with Gasteiger partial charge in [0.1, 0.15) is 0 Å². The van der Waals surface area contributed by atoms with Crippen LogP contribution in [-0.2, 0) is 11.3 Å². The molecule has 2 rings (SSSR count). The predicted molar refractivity (Wildman–Crippen MR) is 104 cm³/mol. The minimum absolute atomic E-state index is 0.0283. The molecule has 1 atom stereocenters. The lowest BCUT2D eigenvalue weighted by atomic mass is 10.2. The van der Waals surface area contributed by atoms with Crippen molar-refractivity contribution in [3.63, 3.8) is 0 Å². The minimum Gasteiger partial charge on any atom is -0.342 e. The number of hydrogen-bond acceptors (Lipinski definition) is 4. The van der Waals surface area contributed by atoms with Crippen LogP contribution in [0.2, 0.25) is 5.02 Å². The van der Waals surface area contributed by atoms with Gasteiger partial charge >= 0.3 is 0 Å². The highest BCUT2D eigenvalue weighted by molar-refractivity contribution is 8.00. The second-order valence-corrected chi connectivity index (χ2v) is 7.28. The maximum absolute atomic E-state index is 12.8. The van der Waals surface area contributed by atoms with Gasteiger partial charge in [-0.2, -0.15) is 0 Å². The molecule has 2 aromatic rings. The standard InChI is InChI=1S/C18H22ClN3O2S/c1-5-10-22-17(24)14-9-8-13(19)11-15(14)20-18(22)25-12(4)16(23)21(6-2)7-3/h5,8-9,11-12H,1,6-7,10H2,2-4H3. The normalized spacial score (nSPS) is 12.2. The Morgan fingerprint density at radius 2 is 2.12 bits per heavy atom. The van der Waals surface area contributed by atoms with Gasteiger partial charge < -0.3 is 4.90 Å². The number of carbonyl (C=O) groups excluding carboxylic acids is 1. The average molecular weight is 380 g/mol. The van der Waals surface area contributed by atoms with E-state index >= 15 is 0 Å². The van der Waals surface area contributed by atoms with E-state index in [1.807, 2.05) is 20.8 Å². The van der Waals surface area contributed by atoms with Gasteiger partial charge in [-0.15, -0.1) is 6.58 Å². The van der Waals surface area contributed by atoms with E-state index in [1.165, 1.54) is 11.8 Å². The summed E-state index contributed by atoms with van der Waals surface area (Å²) in [6, 6.07) is 5.01. The van der Waals surface area contributed by atoms with Crippen molar-refractivity contribution in [2.45, 2.75) is 37.7 Å². The zero-order valence-electron chi connectivity index (χ0n) is 14.7. The molecule has 0 aliphatic heterocycles. The van der Waals surface area contributed by atoms with Crippen molar-refractivity contribution < 1.29 is 4.79 Å². The topological polar surface area (TPSA) is 55.2 Å². The molecule has 1 heterocycles. The zero-order chi connectivity index (χ0) is 18.6. The Morgan fingerprint density at radius 1 is 1.44 bits per heavy atom. The number of carbonyl (C=O) groups is 1. The molecule has 0 spiro atoms. The van der Waals surface area contributed by atoms with Gasteiger partial charge in [-0.3, -0.25) is 14.2 Å². The average Bonchev–Trinajstić information content (AvgIpc) is 2.59. The summed E-state index contributed by atoms with van der Waals surface area (Å²) in [4.78, 5) is 31.6. The zero-order valence-corrected chi connectivity index (χ0v) is 16.2. The van der Waals surface area contributed by atoms with Crippen molar-refractivity contribution in [2.75, 3.05) is 13.1 Å². The van der Waals surface area contributed by atoms with Crippen molar-refractivity contribution >= 4 is 40.2 Å². The summed E-state index contributed by atoms with van der Waals surface area (Å²) in [6.07, 6.45) is 1.64. The first kappa shape index (κ1) is 19.5. The fraction of sp³-hybridized carbons (Fsp3) is 0.389. The lowest BCUT2D eigenvalue weighted by Crippen LogP contribution is -2.36. The molecule has 0 aliphatic rings. The third-order valence-corrected chi connectivity index (χ3v) is 5.21. The molecule has 0 N–H and O–H groups in total. The van der Waals surface area contributed by atoms with Crippen molar-refractivity contribution in [1.82, 2.24) is 14.5 Å². The molecular formula is C18H22ClN3O2S. The van der Waals surface area contributed by atoms with Gasteiger partial charge in [0.15, 0.2) is 5.16 Å². The SMILES string of the molecule is C=CCn1c(SC(C)C(=O)N(CC)CC)nc2cc(Cl)ccc2c1=O. The third-order valence-electron chi connectivity index (χ3n) is 3.90. The molecule has 0 aliphatic carbocycles.